The molecular weight excluding hydrogens is 269 g/mol. The lowest BCUT2D eigenvalue weighted by atomic mass is 10.0. The van der Waals surface area contributed by atoms with Crippen LogP contribution in [-0.2, 0) is 6.54 Å². The van der Waals surface area contributed by atoms with Crippen LogP contribution in [-0.4, -0.2) is 5.91 Å². The van der Waals surface area contributed by atoms with Gasteiger partial charge in [0.1, 0.15) is 0 Å². The second-order valence-electron chi connectivity index (χ2n) is 4.14. The average Bonchev–Trinajstić information content (AvgIpc) is 2.30. The fourth-order valence-electron chi connectivity index (χ4n) is 2.06. The van der Waals surface area contributed by atoms with Crippen LogP contribution in [0.4, 0.5) is 5.69 Å². The molecule has 0 atom stereocenters. The van der Waals surface area contributed by atoms with E-state index in [1.807, 2.05) is 24.3 Å². The fraction of sp³-hybridized carbons (Fsp3) is 0.0714. The molecule has 0 spiro atoms. The summed E-state index contributed by atoms with van der Waals surface area (Å²) in [6, 6.07) is 12.8. The molecule has 1 aliphatic rings. The van der Waals surface area contributed by atoms with Crippen molar-refractivity contribution in [2.75, 3.05) is 4.90 Å². The molecule has 0 saturated carbocycles. The van der Waals surface area contributed by atoms with Crippen molar-refractivity contribution in [3.63, 3.8) is 0 Å². The molecule has 2 nitrogen and oxygen atoms in total. The molecule has 0 aliphatic carbocycles. The van der Waals surface area contributed by atoms with Crippen molar-refractivity contribution in [2.24, 2.45) is 0 Å². The lowest BCUT2D eigenvalue weighted by molar-refractivity contribution is 0.0979. The molecule has 4 heteroatoms. The first-order chi connectivity index (χ1) is 8.66. The molecule has 0 radical (unpaired) electrons. The minimum absolute atomic E-state index is 0.0876. The van der Waals surface area contributed by atoms with Gasteiger partial charge >= 0.3 is 0 Å². The van der Waals surface area contributed by atoms with Crippen molar-refractivity contribution < 1.29 is 4.79 Å². The van der Waals surface area contributed by atoms with Crippen LogP contribution in [0.2, 0.25) is 10.0 Å². The van der Waals surface area contributed by atoms with Crippen LogP contribution in [0.3, 0.4) is 0 Å². The van der Waals surface area contributed by atoms with Crippen LogP contribution >= 0.6 is 23.2 Å². The third kappa shape index (κ3) is 1.78. The van der Waals surface area contributed by atoms with Crippen molar-refractivity contribution in [3.8, 4) is 0 Å². The Morgan fingerprint density at radius 3 is 2.61 bits per heavy atom. The third-order valence-corrected chi connectivity index (χ3v) is 3.57. The average molecular weight is 278 g/mol. The summed E-state index contributed by atoms with van der Waals surface area (Å²) in [7, 11) is 0. The highest BCUT2D eigenvalue weighted by molar-refractivity contribution is 6.37. The predicted molar refractivity (Wildman–Crippen MR) is 73.4 cm³/mol. The highest BCUT2D eigenvalue weighted by Crippen LogP contribution is 2.34. The highest BCUT2D eigenvalue weighted by atomic mass is 35.5. The van der Waals surface area contributed by atoms with E-state index in [1.165, 1.54) is 5.56 Å². The number of hydrogen-bond acceptors (Lipinski definition) is 1. The summed E-state index contributed by atoms with van der Waals surface area (Å²) in [4.78, 5) is 14.0. The molecule has 1 heterocycles. The summed E-state index contributed by atoms with van der Waals surface area (Å²) in [5.41, 5.74) is 2.61. The van der Waals surface area contributed by atoms with Gasteiger partial charge in [0.15, 0.2) is 0 Å². The van der Waals surface area contributed by atoms with Crippen molar-refractivity contribution in [3.05, 3.63) is 63.6 Å². The summed E-state index contributed by atoms with van der Waals surface area (Å²) >= 11 is 11.9. The van der Waals surface area contributed by atoms with E-state index in [9.17, 15) is 4.79 Å². The number of carbonyl (C=O) groups excluding carboxylic acids is 1. The minimum atomic E-state index is -0.0876. The monoisotopic (exact) mass is 277 g/mol. The van der Waals surface area contributed by atoms with Gasteiger partial charge in [-0.25, -0.2) is 0 Å². The van der Waals surface area contributed by atoms with E-state index in [1.54, 1.807) is 23.1 Å². The molecule has 3 rings (SSSR count). The van der Waals surface area contributed by atoms with Crippen molar-refractivity contribution in [2.45, 2.75) is 6.54 Å². The molecule has 0 saturated heterocycles. The number of benzene rings is 2. The molecule has 0 aromatic heterocycles. The highest BCUT2D eigenvalue weighted by Gasteiger charge is 2.29. The Kier molecular flexibility index (Phi) is 2.77. The summed E-state index contributed by atoms with van der Waals surface area (Å²) in [5.74, 6) is -0.0876. The van der Waals surface area contributed by atoms with Crippen molar-refractivity contribution >= 4 is 34.8 Å². The van der Waals surface area contributed by atoms with E-state index in [2.05, 4.69) is 0 Å². The molecule has 2 aromatic carbocycles. The molecule has 2 aromatic rings. The van der Waals surface area contributed by atoms with Crippen molar-refractivity contribution in [1.82, 2.24) is 0 Å². The Hall–Kier alpha value is -1.51. The zero-order chi connectivity index (χ0) is 12.7. The standard InChI is InChI=1S/C14H9Cl2NO/c15-10-5-6-11(12(16)7-10)14(18)17-8-9-3-1-2-4-13(9)17/h1-7H,8H2. The number of fused-ring (bicyclic) bond motifs is 1. The Balaban J connectivity index is 1.94. The summed E-state index contributed by atoms with van der Waals surface area (Å²) < 4.78 is 0. The largest absolute Gasteiger partial charge is 0.303 e. The lowest BCUT2D eigenvalue weighted by Gasteiger charge is -2.34. The van der Waals surface area contributed by atoms with E-state index >= 15 is 0 Å². The smallest absolute Gasteiger partial charge is 0.260 e. The zero-order valence-corrected chi connectivity index (χ0v) is 10.9. The van der Waals surface area contributed by atoms with Crippen LogP contribution in [0, 0.1) is 0 Å². The maximum absolute atomic E-state index is 12.3. The van der Waals surface area contributed by atoms with Crippen LogP contribution in [0.25, 0.3) is 0 Å². The number of halogens is 2. The normalized spacial score (nSPS) is 12.9. The first kappa shape index (κ1) is 11.6. The van der Waals surface area contributed by atoms with Gasteiger partial charge < -0.3 is 4.90 Å². The van der Waals surface area contributed by atoms with Gasteiger partial charge in [0, 0.05) is 10.7 Å². The molecule has 90 valence electrons. The van der Waals surface area contributed by atoms with Crippen LogP contribution in [0.1, 0.15) is 15.9 Å². The number of carbonyl (C=O) groups is 1. The van der Waals surface area contributed by atoms with Gasteiger partial charge in [-0.2, -0.15) is 0 Å². The summed E-state index contributed by atoms with van der Waals surface area (Å²) in [5, 5.41) is 0.914. The van der Waals surface area contributed by atoms with E-state index in [-0.39, 0.29) is 5.91 Å². The molecule has 0 fully saturated rings. The van der Waals surface area contributed by atoms with Gasteiger partial charge in [-0.1, -0.05) is 41.4 Å². The zero-order valence-electron chi connectivity index (χ0n) is 9.36. The first-order valence-corrected chi connectivity index (χ1v) is 6.27. The topological polar surface area (TPSA) is 20.3 Å². The molecule has 0 bridgehead atoms. The minimum Gasteiger partial charge on any atom is -0.303 e. The predicted octanol–water partition coefficient (Wildman–Crippen LogP) is 4.15. The van der Waals surface area contributed by atoms with Gasteiger partial charge in [-0.3, -0.25) is 4.79 Å². The quantitative estimate of drug-likeness (QED) is 0.767. The lowest BCUT2D eigenvalue weighted by Crippen LogP contribution is -2.38. The number of para-hydroxylation sites is 1. The number of hydrogen-bond donors (Lipinski definition) is 0. The number of rotatable bonds is 1. The van der Waals surface area contributed by atoms with E-state index < -0.39 is 0 Å². The van der Waals surface area contributed by atoms with Gasteiger partial charge in [-0.05, 0) is 29.8 Å². The third-order valence-electron chi connectivity index (χ3n) is 3.02. The summed E-state index contributed by atoms with van der Waals surface area (Å²) in [6.45, 7) is 0.633. The Morgan fingerprint density at radius 2 is 1.89 bits per heavy atom. The van der Waals surface area contributed by atoms with E-state index in [0.717, 1.165) is 5.69 Å². The number of amides is 1. The van der Waals surface area contributed by atoms with E-state index in [4.69, 9.17) is 23.2 Å². The molecule has 0 unspecified atom stereocenters. The molecule has 1 amide bonds. The first-order valence-electron chi connectivity index (χ1n) is 5.51. The van der Waals surface area contributed by atoms with Gasteiger partial charge in [-0.15, -0.1) is 0 Å². The molecular formula is C14H9Cl2NO. The Labute approximate surface area is 115 Å². The second kappa shape index (κ2) is 4.30. The maximum Gasteiger partial charge on any atom is 0.260 e. The maximum atomic E-state index is 12.3. The molecule has 1 aliphatic heterocycles. The number of nitrogens with zero attached hydrogens (tertiary/aromatic N) is 1. The van der Waals surface area contributed by atoms with Crippen LogP contribution in [0.5, 0.6) is 0 Å². The van der Waals surface area contributed by atoms with Gasteiger partial charge in [0.05, 0.1) is 17.1 Å². The number of anilines is 1. The molecule has 18 heavy (non-hydrogen) atoms. The van der Waals surface area contributed by atoms with Gasteiger partial charge in [0.2, 0.25) is 0 Å². The van der Waals surface area contributed by atoms with Crippen molar-refractivity contribution in [1.29, 1.82) is 0 Å². The Bertz CT molecular complexity index is 639. The fourth-order valence-corrected chi connectivity index (χ4v) is 2.55. The van der Waals surface area contributed by atoms with Crippen LogP contribution in [0.15, 0.2) is 42.5 Å². The van der Waals surface area contributed by atoms with E-state index in [0.29, 0.717) is 22.2 Å². The second-order valence-corrected chi connectivity index (χ2v) is 4.99. The van der Waals surface area contributed by atoms with Gasteiger partial charge in [0.25, 0.3) is 5.91 Å². The van der Waals surface area contributed by atoms with Crippen LogP contribution < -0.4 is 4.90 Å². The SMILES string of the molecule is O=C(c1ccc(Cl)cc1Cl)N1Cc2ccccc21. The summed E-state index contributed by atoms with van der Waals surface area (Å²) in [6.07, 6.45) is 0. The Morgan fingerprint density at radius 1 is 1.11 bits per heavy atom. The molecule has 0 N–H and O–H groups in total.